The van der Waals surface area contributed by atoms with Gasteiger partial charge in [-0.15, -0.1) is 0 Å². The molecule has 2 N–H and O–H groups in total. The molecule has 2 aromatic rings. The third-order valence-electron chi connectivity index (χ3n) is 9.71. The third kappa shape index (κ3) is 4.92. The summed E-state index contributed by atoms with van der Waals surface area (Å²) in [5.74, 6) is 1.43. The largest absolute Gasteiger partial charge is 0.508 e. The normalized spacial score (nSPS) is 30.1. The van der Waals surface area contributed by atoms with Crippen molar-refractivity contribution >= 4 is 5.91 Å². The van der Waals surface area contributed by atoms with E-state index in [0.29, 0.717) is 29.2 Å². The summed E-state index contributed by atoms with van der Waals surface area (Å²) in [7, 11) is 0. The average Bonchev–Trinajstić information content (AvgIpc) is 3.63. The number of hydrogen-bond donors (Lipinski definition) is 2. The van der Waals surface area contributed by atoms with Crippen molar-refractivity contribution in [1.29, 1.82) is 0 Å². The van der Waals surface area contributed by atoms with Crippen LogP contribution in [0.15, 0.2) is 42.5 Å². The number of hydrogen-bond acceptors (Lipinski definition) is 3. The molecule has 2 bridgehead atoms. The number of unbranched alkanes of at least 4 members (excludes halogenated alkanes) is 1. The maximum atomic E-state index is 13.1. The van der Waals surface area contributed by atoms with Gasteiger partial charge < -0.3 is 10.4 Å². The molecule has 6 rings (SSSR count). The van der Waals surface area contributed by atoms with Gasteiger partial charge in [0.05, 0.1) is 5.56 Å². The first-order chi connectivity index (χ1) is 17.8. The zero-order valence-electron chi connectivity index (χ0n) is 22.7. The molecule has 2 saturated carbocycles. The lowest BCUT2D eigenvalue weighted by Crippen LogP contribution is -2.63. The molecule has 1 amide bonds. The van der Waals surface area contributed by atoms with Crippen LogP contribution >= 0.6 is 0 Å². The maximum absolute atomic E-state index is 13.1. The first-order valence-electron chi connectivity index (χ1n) is 14.4. The Hall–Kier alpha value is -2.40. The molecule has 1 heterocycles. The first kappa shape index (κ1) is 26.2. The van der Waals surface area contributed by atoms with Crippen molar-refractivity contribution in [3.8, 4) is 5.75 Å². The van der Waals surface area contributed by atoms with Gasteiger partial charge in [-0.3, -0.25) is 9.69 Å². The number of aromatic hydroxyl groups is 1. The van der Waals surface area contributed by atoms with Crippen molar-refractivity contribution < 1.29 is 14.3 Å². The number of benzene rings is 2. The van der Waals surface area contributed by atoms with E-state index in [2.05, 4.69) is 36.2 Å². The summed E-state index contributed by atoms with van der Waals surface area (Å²) in [6, 6.07) is 12.9. The number of amides is 1. The number of carbonyl (C=O) groups is 1. The SMILES string of the molecule is CCCCNC(=O)c1ccccc1F.C[C@@H]1CC23CCN(CC4CC4)C(Cc4ccc(O)cc42)C3(C)C1. The molecule has 0 spiro atoms. The molecule has 200 valence electrons. The van der Waals surface area contributed by atoms with E-state index in [1.54, 1.807) is 12.1 Å². The number of halogens is 1. The van der Waals surface area contributed by atoms with E-state index in [1.165, 1.54) is 74.9 Å². The number of nitrogens with zero attached hydrogens (tertiary/aromatic N) is 1. The second kappa shape index (κ2) is 10.4. The molecule has 37 heavy (non-hydrogen) atoms. The number of fused-ring (bicyclic) bond motifs is 1. The molecule has 4 atom stereocenters. The van der Waals surface area contributed by atoms with Gasteiger partial charge in [-0.1, -0.05) is 45.4 Å². The van der Waals surface area contributed by atoms with E-state index in [4.69, 9.17) is 0 Å². The fourth-order valence-corrected chi connectivity index (χ4v) is 7.83. The highest BCUT2D eigenvalue weighted by molar-refractivity contribution is 5.94. The maximum Gasteiger partial charge on any atom is 0.254 e. The monoisotopic (exact) mass is 506 g/mol. The molecule has 0 aromatic heterocycles. The van der Waals surface area contributed by atoms with Gasteiger partial charge >= 0.3 is 0 Å². The summed E-state index contributed by atoms with van der Waals surface area (Å²) in [6.45, 7) is 10.3. The lowest BCUT2D eigenvalue weighted by molar-refractivity contribution is -0.0406. The number of rotatable bonds is 6. The third-order valence-corrected chi connectivity index (χ3v) is 9.71. The molecular formula is C32H43FN2O2. The zero-order valence-corrected chi connectivity index (χ0v) is 22.7. The Balaban J connectivity index is 0.000000173. The van der Waals surface area contributed by atoms with Crippen molar-refractivity contribution in [3.05, 3.63) is 65.0 Å². The highest BCUT2D eigenvalue weighted by Gasteiger charge is 2.64. The second-order valence-corrected chi connectivity index (χ2v) is 12.4. The molecule has 5 heteroatoms. The highest BCUT2D eigenvalue weighted by Crippen LogP contribution is 2.66. The van der Waals surface area contributed by atoms with Crippen LogP contribution in [0.2, 0.25) is 0 Å². The molecule has 1 aliphatic heterocycles. The Morgan fingerprint density at radius 3 is 2.70 bits per heavy atom. The van der Waals surface area contributed by atoms with Crippen LogP contribution in [0, 0.1) is 23.1 Å². The Labute approximate surface area is 221 Å². The molecule has 4 nitrogen and oxygen atoms in total. The Kier molecular flexibility index (Phi) is 7.37. The molecule has 3 aliphatic carbocycles. The van der Waals surface area contributed by atoms with Crippen LogP contribution in [0.25, 0.3) is 0 Å². The van der Waals surface area contributed by atoms with Gasteiger partial charge in [-0.05, 0) is 104 Å². The molecule has 1 saturated heterocycles. The first-order valence-corrected chi connectivity index (χ1v) is 14.4. The lowest BCUT2D eigenvalue weighted by Gasteiger charge is -2.61. The van der Waals surface area contributed by atoms with E-state index < -0.39 is 5.82 Å². The molecule has 4 aliphatic rings. The van der Waals surface area contributed by atoms with Gasteiger partial charge in [0, 0.05) is 24.5 Å². The van der Waals surface area contributed by atoms with E-state index in [0.717, 1.165) is 24.7 Å². The van der Waals surface area contributed by atoms with Crippen LogP contribution in [-0.2, 0) is 11.8 Å². The van der Waals surface area contributed by atoms with Crippen LogP contribution in [0.5, 0.6) is 5.75 Å². The van der Waals surface area contributed by atoms with Gasteiger partial charge in [-0.2, -0.15) is 0 Å². The Morgan fingerprint density at radius 1 is 1.19 bits per heavy atom. The predicted molar refractivity (Wildman–Crippen MR) is 146 cm³/mol. The van der Waals surface area contributed by atoms with Gasteiger partial charge in [-0.25, -0.2) is 4.39 Å². The van der Waals surface area contributed by atoms with E-state index >= 15 is 0 Å². The van der Waals surface area contributed by atoms with Crippen molar-refractivity contribution in [2.45, 2.75) is 83.6 Å². The van der Waals surface area contributed by atoms with Gasteiger partial charge in [0.15, 0.2) is 0 Å². The number of nitrogens with one attached hydrogen (secondary N) is 1. The van der Waals surface area contributed by atoms with Crippen LogP contribution in [0.4, 0.5) is 4.39 Å². The molecule has 3 unspecified atom stereocenters. The predicted octanol–water partition coefficient (Wildman–Crippen LogP) is 6.46. The minimum Gasteiger partial charge on any atom is -0.508 e. The van der Waals surface area contributed by atoms with Crippen LogP contribution < -0.4 is 5.32 Å². The molecule has 3 fully saturated rings. The minimum atomic E-state index is -0.471. The van der Waals surface area contributed by atoms with Crippen molar-refractivity contribution in [2.75, 3.05) is 19.6 Å². The quantitative estimate of drug-likeness (QED) is 0.442. The Bertz CT molecular complexity index is 1130. The van der Waals surface area contributed by atoms with Crippen molar-refractivity contribution in [3.63, 3.8) is 0 Å². The fourth-order valence-electron chi connectivity index (χ4n) is 7.83. The smallest absolute Gasteiger partial charge is 0.254 e. The van der Waals surface area contributed by atoms with Gasteiger partial charge in [0.2, 0.25) is 0 Å². The highest BCUT2D eigenvalue weighted by atomic mass is 19.1. The summed E-state index contributed by atoms with van der Waals surface area (Å²) in [5, 5.41) is 12.8. The topological polar surface area (TPSA) is 52.6 Å². The lowest BCUT2D eigenvalue weighted by atomic mass is 9.51. The molecular weight excluding hydrogens is 463 g/mol. The van der Waals surface area contributed by atoms with E-state index in [-0.39, 0.29) is 11.5 Å². The fraction of sp³-hybridized carbons (Fsp3) is 0.594. The summed E-state index contributed by atoms with van der Waals surface area (Å²) < 4.78 is 13.1. The summed E-state index contributed by atoms with van der Waals surface area (Å²) in [5.41, 5.74) is 3.82. The number of piperidine rings is 1. The minimum absolute atomic E-state index is 0.114. The van der Waals surface area contributed by atoms with Crippen molar-refractivity contribution in [1.82, 2.24) is 10.2 Å². The number of likely N-dealkylation sites (tertiary alicyclic amines) is 1. The Morgan fingerprint density at radius 2 is 1.97 bits per heavy atom. The van der Waals surface area contributed by atoms with Crippen LogP contribution in [-0.4, -0.2) is 41.6 Å². The molecule has 2 aromatic carbocycles. The van der Waals surface area contributed by atoms with Crippen LogP contribution in [0.1, 0.15) is 87.2 Å². The number of phenols is 1. The van der Waals surface area contributed by atoms with Gasteiger partial charge in [0.25, 0.3) is 5.91 Å². The number of phenolic OH excluding ortho intramolecular Hbond substituents is 1. The van der Waals surface area contributed by atoms with E-state index in [9.17, 15) is 14.3 Å². The van der Waals surface area contributed by atoms with Crippen LogP contribution in [0.3, 0.4) is 0 Å². The summed E-state index contributed by atoms with van der Waals surface area (Å²) in [4.78, 5) is 14.2. The van der Waals surface area contributed by atoms with Crippen molar-refractivity contribution in [2.24, 2.45) is 17.3 Å². The molecule has 0 radical (unpaired) electrons. The second-order valence-electron chi connectivity index (χ2n) is 12.4. The summed E-state index contributed by atoms with van der Waals surface area (Å²) in [6.07, 6.45) is 9.97. The van der Waals surface area contributed by atoms with E-state index in [1.807, 2.05) is 13.0 Å². The van der Waals surface area contributed by atoms with Gasteiger partial charge in [0.1, 0.15) is 11.6 Å². The summed E-state index contributed by atoms with van der Waals surface area (Å²) >= 11 is 0. The standard InChI is InChI=1S/C21H29NO.C11H14FNO/c1-14-11-20(2)19-9-16-5-6-17(23)10-18(16)21(20,12-14)7-8-22(19)13-15-3-4-15;1-2-3-8-13-11(14)9-6-4-5-7-10(9)12/h5-6,10,14-15,19,23H,3-4,7-9,11-13H2,1-2H3;4-7H,2-3,8H2,1H3,(H,13,14)/t14-,19?,20?,21?;/m0./s1. The average molecular weight is 507 g/mol. The number of carbonyl (C=O) groups excluding carboxylic acids is 1. The zero-order chi connectivity index (χ0) is 26.2.